The number of nitrogens with one attached hydrogen (secondary N) is 1. The summed E-state index contributed by atoms with van der Waals surface area (Å²) in [5.41, 5.74) is 6.56. The molecular formula is C37H60N2O5. The molecule has 0 aromatic carbocycles. The Morgan fingerprint density at radius 3 is 2.20 bits per heavy atom. The van der Waals surface area contributed by atoms with Gasteiger partial charge in [0.1, 0.15) is 12.7 Å². The first-order valence-corrected chi connectivity index (χ1v) is 17.5. The van der Waals surface area contributed by atoms with E-state index in [9.17, 15) is 14.4 Å². The van der Waals surface area contributed by atoms with Crippen molar-refractivity contribution in [2.24, 2.45) is 62.4 Å². The molecule has 0 aromatic rings. The van der Waals surface area contributed by atoms with Gasteiger partial charge in [-0.1, -0.05) is 39.8 Å². The van der Waals surface area contributed by atoms with E-state index in [-0.39, 0.29) is 58.1 Å². The zero-order valence-electron chi connectivity index (χ0n) is 28.7. The molecule has 0 bridgehead atoms. The zero-order chi connectivity index (χ0) is 32.3. The number of fused-ring (bicyclic) bond motifs is 7. The van der Waals surface area contributed by atoms with Crippen molar-refractivity contribution in [2.75, 3.05) is 19.7 Å². The summed E-state index contributed by atoms with van der Waals surface area (Å²) in [5, 5.41) is 3.32. The predicted molar refractivity (Wildman–Crippen MR) is 172 cm³/mol. The van der Waals surface area contributed by atoms with Gasteiger partial charge < -0.3 is 20.5 Å². The summed E-state index contributed by atoms with van der Waals surface area (Å²) < 4.78 is 11.7. The van der Waals surface area contributed by atoms with E-state index < -0.39 is 5.41 Å². The van der Waals surface area contributed by atoms with Crippen LogP contribution in [0.15, 0.2) is 12.2 Å². The van der Waals surface area contributed by atoms with Gasteiger partial charge >= 0.3 is 11.9 Å². The maximum absolute atomic E-state index is 14.1. The van der Waals surface area contributed by atoms with E-state index in [0.717, 1.165) is 70.6 Å². The van der Waals surface area contributed by atoms with Gasteiger partial charge in [-0.3, -0.25) is 14.4 Å². The van der Waals surface area contributed by atoms with Gasteiger partial charge in [0.2, 0.25) is 5.91 Å². The predicted octanol–water partition coefficient (Wildman–Crippen LogP) is 6.58. The van der Waals surface area contributed by atoms with Gasteiger partial charge in [0.15, 0.2) is 0 Å². The third-order valence-corrected chi connectivity index (χ3v) is 14.8. The quantitative estimate of drug-likeness (QED) is 0.182. The number of amides is 1. The lowest BCUT2D eigenvalue weighted by Gasteiger charge is -2.73. The first-order valence-electron chi connectivity index (χ1n) is 17.5. The van der Waals surface area contributed by atoms with Gasteiger partial charge in [-0.2, -0.15) is 0 Å². The largest absolute Gasteiger partial charge is 0.465 e. The van der Waals surface area contributed by atoms with Crippen molar-refractivity contribution < 1.29 is 23.9 Å². The summed E-state index contributed by atoms with van der Waals surface area (Å²) in [5.74, 6) is 1.71. The van der Waals surface area contributed by atoms with Crippen molar-refractivity contribution in [3.63, 3.8) is 0 Å². The fourth-order valence-electron chi connectivity index (χ4n) is 12.7. The normalized spacial score (nSPS) is 46.0. The highest BCUT2D eigenvalue weighted by molar-refractivity contribution is 5.84. The highest BCUT2D eigenvalue weighted by atomic mass is 16.6. The minimum atomic E-state index is -0.427. The topological polar surface area (TPSA) is 108 Å². The average Bonchev–Trinajstić information content (AvgIpc) is 3.35. The molecule has 0 saturated heterocycles. The van der Waals surface area contributed by atoms with E-state index in [0.29, 0.717) is 36.8 Å². The van der Waals surface area contributed by atoms with Crippen LogP contribution in [0, 0.1) is 56.7 Å². The van der Waals surface area contributed by atoms with Crippen LogP contribution in [0.3, 0.4) is 0 Å². The molecule has 0 heterocycles. The zero-order valence-corrected chi connectivity index (χ0v) is 28.7. The van der Waals surface area contributed by atoms with Crippen molar-refractivity contribution in [1.82, 2.24) is 5.32 Å². The third kappa shape index (κ3) is 4.88. The SMILES string of the molecule is C=C(C)[C@@H]1CC[C@]2(C(=O)NCCCN)CC[C@]3(C)C(CCC4[C@@]5(C)CC[C@H](OC(C)=O)[C@@](C)(COC(C)=O)C5CC[C@]43C)C12. The molecule has 0 radical (unpaired) electrons. The third-order valence-electron chi connectivity index (χ3n) is 14.8. The maximum atomic E-state index is 14.1. The van der Waals surface area contributed by atoms with Crippen LogP contribution in [0.1, 0.15) is 119 Å². The Morgan fingerprint density at radius 2 is 1.57 bits per heavy atom. The molecule has 7 heteroatoms. The van der Waals surface area contributed by atoms with Crippen molar-refractivity contribution in [1.29, 1.82) is 0 Å². The molecule has 0 aromatic heterocycles. The minimum Gasteiger partial charge on any atom is -0.465 e. The molecule has 5 rings (SSSR count). The number of hydrogen-bond acceptors (Lipinski definition) is 6. The van der Waals surface area contributed by atoms with E-state index in [1.54, 1.807) is 0 Å². The standard InChI is InChI=1S/C37H60N2O5/c1-23(2)26-12-17-37(32(42)39-21-9-20-38)19-18-35(7)27(31(26)37)10-11-29-33(5)15-14-30(44-25(4)41)34(6,22-43-24(3)40)28(33)13-16-36(29,35)8/h26-31H,1,9-22,38H2,2-8H3,(H,39,42)/t26-,27?,28?,29?,30-,31?,33-,34-,35+,36+,37-/m0/s1. The fraction of sp³-hybridized carbons (Fsp3) is 0.865. The molecule has 5 aliphatic rings. The number of allylic oxidation sites excluding steroid dienone is 1. The summed E-state index contributed by atoms with van der Waals surface area (Å²) >= 11 is 0. The summed E-state index contributed by atoms with van der Waals surface area (Å²) in [7, 11) is 0. The van der Waals surface area contributed by atoms with Gasteiger partial charge in [-0.25, -0.2) is 0 Å². The van der Waals surface area contributed by atoms with Gasteiger partial charge in [-0.05, 0) is 130 Å². The highest BCUT2D eigenvalue weighted by Crippen LogP contribution is 2.77. The fourth-order valence-corrected chi connectivity index (χ4v) is 12.7. The monoisotopic (exact) mass is 612 g/mol. The molecule has 1 amide bonds. The minimum absolute atomic E-state index is 0.0457. The van der Waals surface area contributed by atoms with Crippen LogP contribution < -0.4 is 11.1 Å². The smallest absolute Gasteiger partial charge is 0.302 e. The molecule has 5 fully saturated rings. The van der Waals surface area contributed by atoms with Crippen LogP contribution in [-0.4, -0.2) is 43.6 Å². The van der Waals surface area contributed by atoms with Gasteiger partial charge in [0.25, 0.3) is 0 Å². The van der Waals surface area contributed by atoms with E-state index >= 15 is 0 Å². The van der Waals surface area contributed by atoms with E-state index in [4.69, 9.17) is 15.2 Å². The second kappa shape index (κ2) is 11.7. The molecule has 0 aliphatic heterocycles. The lowest BCUT2D eigenvalue weighted by Crippen LogP contribution is -2.68. The Hall–Kier alpha value is -1.89. The van der Waals surface area contributed by atoms with E-state index in [1.807, 2.05) is 0 Å². The summed E-state index contributed by atoms with van der Waals surface area (Å²) in [6.07, 6.45) is 10.8. The number of carbonyl (C=O) groups is 3. The highest BCUT2D eigenvalue weighted by Gasteiger charge is 2.72. The number of carbonyl (C=O) groups excluding carboxylic acids is 3. The van der Waals surface area contributed by atoms with Gasteiger partial charge in [0.05, 0.1) is 5.41 Å². The molecule has 5 saturated carbocycles. The van der Waals surface area contributed by atoms with Crippen molar-refractivity contribution >= 4 is 17.8 Å². The van der Waals surface area contributed by atoms with E-state index in [2.05, 4.69) is 46.5 Å². The second-order valence-corrected chi connectivity index (χ2v) is 16.7. The average molecular weight is 613 g/mol. The molecular weight excluding hydrogens is 552 g/mol. The Bertz CT molecular complexity index is 1170. The first kappa shape index (κ1) is 33.5. The van der Waals surface area contributed by atoms with Crippen LogP contribution in [0.4, 0.5) is 0 Å². The van der Waals surface area contributed by atoms with Crippen LogP contribution in [-0.2, 0) is 23.9 Å². The number of ether oxygens (including phenoxy) is 2. The molecule has 0 spiro atoms. The van der Waals surface area contributed by atoms with Crippen LogP contribution in [0.25, 0.3) is 0 Å². The summed E-state index contributed by atoms with van der Waals surface area (Å²) in [6.45, 7) is 21.0. The number of esters is 2. The summed E-state index contributed by atoms with van der Waals surface area (Å²) in [6, 6.07) is 0. The van der Waals surface area contributed by atoms with Crippen molar-refractivity contribution in [3.8, 4) is 0 Å². The molecule has 248 valence electrons. The summed E-state index contributed by atoms with van der Waals surface area (Å²) in [4.78, 5) is 38.3. The number of rotatable bonds is 8. The lowest BCUT2D eigenvalue weighted by molar-refractivity contribution is -0.256. The van der Waals surface area contributed by atoms with Crippen molar-refractivity contribution in [3.05, 3.63) is 12.2 Å². The van der Waals surface area contributed by atoms with E-state index in [1.165, 1.54) is 19.4 Å². The van der Waals surface area contributed by atoms with Crippen LogP contribution in [0.2, 0.25) is 0 Å². The van der Waals surface area contributed by atoms with Gasteiger partial charge in [0, 0.05) is 25.8 Å². The Labute approximate surface area is 266 Å². The molecule has 44 heavy (non-hydrogen) atoms. The maximum Gasteiger partial charge on any atom is 0.302 e. The number of nitrogens with two attached hydrogens (primary N) is 1. The Morgan fingerprint density at radius 1 is 0.841 bits per heavy atom. The molecule has 11 atom stereocenters. The van der Waals surface area contributed by atoms with Crippen molar-refractivity contribution in [2.45, 2.75) is 125 Å². The molecule has 7 nitrogen and oxygen atoms in total. The van der Waals surface area contributed by atoms with Gasteiger partial charge in [-0.15, -0.1) is 0 Å². The number of hydrogen-bond donors (Lipinski definition) is 2. The molecule has 5 aliphatic carbocycles. The second-order valence-electron chi connectivity index (χ2n) is 16.7. The van der Waals surface area contributed by atoms with Crippen LogP contribution >= 0.6 is 0 Å². The lowest BCUT2D eigenvalue weighted by atomic mass is 9.32. The Kier molecular flexibility index (Phi) is 8.92. The molecule has 3 N–H and O–H groups in total. The molecule has 4 unspecified atom stereocenters. The first-order chi connectivity index (χ1) is 20.6. The van der Waals surface area contributed by atoms with Crippen LogP contribution in [0.5, 0.6) is 0 Å². The Balaban J connectivity index is 1.50.